The molecule has 0 atom stereocenters. The third-order valence-electron chi connectivity index (χ3n) is 2.75. The van der Waals surface area contributed by atoms with E-state index in [0.717, 1.165) is 35.4 Å². The number of fused-ring (bicyclic) bond motifs is 1. The lowest BCUT2D eigenvalue weighted by atomic mass is 10.2. The molecule has 0 saturated carbocycles. The van der Waals surface area contributed by atoms with E-state index in [-0.39, 0.29) is 0 Å². The van der Waals surface area contributed by atoms with E-state index in [1.54, 1.807) is 14.2 Å². The Bertz CT molecular complexity index is 541. The quantitative estimate of drug-likeness (QED) is 0.880. The highest BCUT2D eigenvalue weighted by Crippen LogP contribution is 2.31. The molecule has 0 amide bonds. The summed E-state index contributed by atoms with van der Waals surface area (Å²) in [6.07, 6.45) is 1.08. The van der Waals surface area contributed by atoms with E-state index < -0.39 is 0 Å². The minimum atomic E-state index is 0.699. The zero-order chi connectivity index (χ0) is 13.0. The molecule has 96 valence electrons. The lowest BCUT2D eigenvalue weighted by Crippen LogP contribution is -2.01. The number of anilines is 1. The molecule has 18 heavy (non-hydrogen) atoms. The molecular weight excluding hydrogens is 228 g/mol. The van der Waals surface area contributed by atoms with Crippen molar-refractivity contribution in [3.05, 3.63) is 24.3 Å². The Balaban J connectivity index is 2.42. The smallest absolute Gasteiger partial charge is 0.162 e. The van der Waals surface area contributed by atoms with E-state index in [4.69, 9.17) is 9.47 Å². The molecule has 1 heterocycles. The van der Waals surface area contributed by atoms with Gasteiger partial charge in [-0.2, -0.15) is 0 Å². The van der Waals surface area contributed by atoms with Crippen LogP contribution in [0.15, 0.2) is 24.3 Å². The third-order valence-corrected chi connectivity index (χ3v) is 2.75. The maximum Gasteiger partial charge on any atom is 0.162 e. The van der Waals surface area contributed by atoms with Crippen molar-refractivity contribution in [2.75, 3.05) is 26.1 Å². The van der Waals surface area contributed by atoms with Crippen molar-refractivity contribution < 1.29 is 9.47 Å². The Morgan fingerprint density at radius 3 is 2.50 bits per heavy atom. The molecule has 4 heteroatoms. The molecule has 0 saturated heterocycles. The molecule has 1 aromatic carbocycles. The highest BCUT2D eigenvalue weighted by atomic mass is 16.5. The second-order valence-electron chi connectivity index (χ2n) is 4.02. The zero-order valence-electron chi connectivity index (χ0n) is 11.0. The molecule has 0 aliphatic rings. The first-order valence-corrected chi connectivity index (χ1v) is 6.05. The van der Waals surface area contributed by atoms with Gasteiger partial charge in [-0.3, -0.25) is 0 Å². The summed E-state index contributed by atoms with van der Waals surface area (Å²) >= 11 is 0. The molecule has 0 aliphatic carbocycles. The van der Waals surface area contributed by atoms with Crippen LogP contribution in [0.4, 0.5) is 5.82 Å². The fourth-order valence-corrected chi connectivity index (χ4v) is 1.80. The number of benzene rings is 1. The van der Waals surface area contributed by atoms with Crippen LogP contribution in [0, 0.1) is 0 Å². The Morgan fingerprint density at radius 2 is 1.83 bits per heavy atom. The molecule has 0 spiro atoms. The van der Waals surface area contributed by atoms with E-state index in [0.29, 0.717) is 5.75 Å². The zero-order valence-corrected chi connectivity index (χ0v) is 11.0. The van der Waals surface area contributed by atoms with Crippen LogP contribution in [0.25, 0.3) is 10.9 Å². The van der Waals surface area contributed by atoms with Crippen LogP contribution < -0.4 is 14.8 Å². The average molecular weight is 246 g/mol. The van der Waals surface area contributed by atoms with Crippen molar-refractivity contribution in [3.63, 3.8) is 0 Å². The molecule has 0 bridgehead atoms. The van der Waals surface area contributed by atoms with Gasteiger partial charge in [-0.25, -0.2) is 4.98 Å². The van der Waals surface area contributed by atoms with Crippen LogP contribution in [-0.4, -0.2) is 25.7 Å². The predicted octanol–water partition coefficient (Wildman–Crippen LogP) is 3.07. The van der Waals surface area contributed by atoms with Crippen LogP contribution in [0.2, 0.25) is 0 Å². The topological polar surface area (TPSA) is 43.4 Å². The van der Waals surface area contributed by atoms with Gasteiger partial charge >= 0.3 is 0 Å². The fraction of sp³-hybridized carbons (Fsp3) is 0.357. The van der Waals surface area contributed by atoms with E-state index >= 15 is 0 Å². The van der Waals surface area contributed by atoms with Crippen molar-refractivity contribution in [2.45, 2.75) is 13.3 Å². The third kappa shape index (κ3) is 2.47. The van der Waals surface area contributed by atoms with Crippen molar-refractivity contribution in [1.29, 1.82) is 0 Å². The summed E-state index contributed by atoms with van der Waals surface area (Å²) in [4.78, 5) is 4.55. The van der Waals surface area contributed by atoms with Crippen LogP contribution in [0.1, 0.15) is 13.3 Å². The molecule has 2 rings (SSSR count). The standard InChI is InChI=1S/C14H18N2O2/c1-4-7-15-14-6-5-10-8-12(17-2)13(18-3)9-11(10)16-14/h5-6,8-9H,4,7H2,1-3H3,(H,15,16). The van der Waals surface area contributed by atoms with Crippen molar-refractivity contribution >= 4 is 16.7 Å². The minimum Gasteiger partial charge on any atom is -0.493 e. The number of methoxy groups -OCH3 is 2. The number of nitrogens with zero attached hydrogens (tertiary/aromatic N) is 1. The highest BCUT2D eigenvalue weighted by Gasteiger charge is 2.07. The number of rotatable bonds is 5. The maximum absolute atomic E-state index is 5.28. The lowest BCUT2D eigenvalue weighted by molar-refractivity contribution is 0.356. The van der Waals surface area contributed by atoms with Gasteiger partial charge in [0.25, 0.3) is 0 Å². The second-order valence-corrected chi connectivity index (χ2v) is 4.02. The molecule has 2 aromatic rings. The first-order chi connectivity index (χ1) is 8.78. The molecule has 0 unspecified atom stereocenters. The molecular formula is C14H18N2O2. The van der Waals surface area contributed by atoms with Crippen LogP contribution >= 0.6 is 0 Å². The first kappa shape index (κ1) is 12.5. The van der Waals surface area contributed by atoms with Gasteiger partial charge in [0, 0.05) is 18.0 Å². The number of hydrogen-bond donors (Lipinski definition) is 1. The van der Waals surface area contributed by atoms with Gasteiger partial charge in [0.15, 0.2) is 11.5 Å². The number of pyridine rings is 1. The van der Waals surface area contributed by atoms with Gasteiger partial charge < -0.3 is 14.8 Å². The summed E-state index contributed by atoms with van der Waals surface area (Å²) in [5.41, 5.74) is 0.897. The van der Waals surface area contributed by atoms with Crippen molar-refractivity contribution in [2.24, 2.45) is 0 Å². The molecule has 1 N–H and O–H groups in total. The van der Waals surface area contributed by atoms with Gasteiger partial charge in [0.1, 0.15) is 5.82 Å². The van der Waals surface area contributed by atoms with Gasteiger partial charge in [-0.15, -0.1) is 0 Å². The average Bonchev–Trinajstić information content (AvgIpc) is 2.43. The summed E-state index contributed by atoms with van der Waals surface area (Å²) in [5, 5.41) is 4.31. The summed E-state index contributed by atoms with van der Waals surface area (Å²) in [7, 11) is 3.26. The molecule has 0 radical (unpaired) electrons. The number of ether oxygens (including phenoxy) is 2. The van der Waals surface area contributed by atoms with E-state index in [9.17, 15) is 0 Å². The Hall–Kier alpha value is -1.97. The lowest BCUT2D eigenvalue weighted by Gasteiger charge is -2.10. The predicted molar refractivity (Wildman–Crippen MR) is 73.6 cm³/mol. The fourth-order valence-electron chi connectivity index (χ4n) is 1.80. The van der Waals surface area contributed by atoms with Crippen molar-refractivity contribution in [3.8, 4) is 11.5 Å². The van der Waals surface area contributed by atoms with Crippen LogP contribution in [0.3, 0.4) is 0 Å². The molecule has 0 fully saturated rings. The van der Waals surface area contributed by atoms with E-state index in [1.807, 2.05) is 24.3 Å². The molecule has 0 aliphatic heterocycles. The van der Waals surface area contributed by atoms with E-state index in [2.05, 4.69) is 17.2 Å². The molecule has 4 nitrogen and oxygen atoms in total. The summed E-state index contributed by atoms with van der Waals surface area (Å²) < 4.78 is 10.6. The largest absolute Gasteiger partial charge is 0.493 e. The monoisotopic (exact) mass is 246 g/mol. The summed E-state index contributed by atoms with van der Waals surface area (Å²) in [6, 6.07) is 7.84. The summed E-state index contributed by atoms with van der Waals surface area (Å²) in [5.74, 6) is 2.31. The second kappa shape index (κ2) is 5.58. The van der Waals surface area contributed by atoms with Crippen LogP contribution in [0.5, 0.6) is 11.5 Å². The van der Waals surface area contributed by atoms with Gasteiger partial charge in [0.05, 0.1) is 19.7 Å². The Labute approximate surface area is 107 Å². The Morgan fingerprint density at radius 1 is 1.11 bits per heavy atom. The highest BCUT2D eigenvalue weighted by molar-refractivity contribution is 5.84. The van der Waals surface area contributed by atoms with E-state index in [1.165, 1.54) is 0 Å². The van der Waals surface area contributed by atoms with Gasteiger partial charge in [0.2, 0.25) is 0 Å². The SMILES string of the molecule is CCCNc1ccc2cc(OC)c(OC)cc2n1. The molecule has 1 aromatic heterocycles. The maximum atomic E-state index is 5.28. The summed E-state index contributed by atoms with van der Waals surface area (Å²) in [6.45, 7) is 3.05. The van der Waals surface area contributed by atoms with Gasteiger partial charge in [-0.05, 0) is 24.6 Å². The first-order valence-electron chi connectivity index (χ1n) is 6.05. The number of hydrogen-bond acceptors (Lipinski definition) is 4. The normalized spacial score (nSPS) is 10.4. The van der Waals surface area contributed by atoms with Crippen LogP contribution in [-0.2, 0) is 0 Å². The van der Waals surface area contributed by atoms with Crippen molar-refractivity contribution in [1.82, 2.24) is 4.98 Å². The number of nitrogens with one attached hydrogen (secondary N) is 1. The van der Waals surface area contributed by atoms with Gasteiger partial charge in [-0.1, -0.05) is 6.92 Å². The Kier molecular flexibility index (Phi) is 3.87. The number of aromatic nitrogens is 1. The minimum absolute atomic E-state index is 0.699.